The number of ether oxygens (including phenoxy) is 2. The lowest BCUT2D eigenvalue weighted by atomic mass is 9.68. The molecule has 3 amide bonds. The van der Waals surface area contributed by atoms with Gasteiger partial charge in [0.2, 0.25) is 11.8 Å². The van der Waals surface area contributed by atoms with E-state index in [1.165, 1.54) is 16.2 Å². The highest BCUT2D eigenvalue weighted by atomic mass is 32.2. The standard InChI is InChI=1S/C38H31N3O6S2/c1-46-23-14-12-22(13-15-23)41-36(43)31-25-17-26(32(31)37(41)44)33-30(25)29(34-35(48-33)40-38(45)49-34)24-8-4-5-9-27(24)47-18-28(42)39-21-11-10-19-6-2-3-7-20(19)16-21/h2-16,25-26,29-33H,17-18H2,1H3,(H,39,42)(H,40,45)/t25-,26-,29-,30?,31?,32?,33?/m1/s1. The van der Waals surface area contributed by atoms with Crippen LogP contribution < -0.4 is 24.6 Å². The Morgan fingerprint density at radius 3 is 2.43 bits per heavy atom. The topological polar surface area (TPSA) is 118 Å². The maximum absolute atomic E-state index is 14.1. The van der Waals surface area contributed by atoms with E-state index >= 15 is 0 Å². The SMILES string of the molecule is COc1ccc(N2C(=O)C3C(C2=O)[C@@H]2C[C@H]3C3Sc4[nH]c(=O)sc4[C@H](c4ccccc4OCC(=O)Nc4ccc5ccccc5c4)C32)cc1. The number of carbonyl (C=O) groups excluding carboxylic acids is 3. The Hall–Kier alpha value is -4.87. The molecule has 2 aliphatic heterocycles. The maximum Gasteiger partial charge on any atom is 0.305 e. The highest BCUT2D eigenvalue weighted by molar-refractivity contribution is 8.00. The number of amides is 3. The van der Waals surface area contributed by atoms with E-state index in [0.717, 1.165) is 32.7 Å². The number of thiazole rings is 1. The normalized spacial score (nSPS) is 26.4. The number of hydrogen-bond acceptors (Lipinski definition) is 8. The van der Waals surface area contributed by atoms with E-state index in [1.54, 1.807) is 43.1 Å². The molecule has 1 saturated heterocycles. The molecule has 2 bridgehead atoms. The molecule has 0 spiro atoms. The second-order valence-electron chi connectivity index (χ2n) is 13.1. The van der Waals surface area contributed by atoms with Crippen LogP contribution in [0.1, 0.15) is 22.8 Å². The lowest BCUT2D eigenvalue weighted by Gasteiger charge is -2.43. The Labute approximate surface area is 289 Å². The highest BCUT2D eigenvalue weighted by Crippen LogP contribution is 2.69. The molecule has 2 N–H and O–H groups in total. The number of nitrogens with zero attached hydrogens (tertiary/aromatic N) is 1. The second-order valence-corrected chi connectivity index (χ2v) is 15.3. The van der Waals surface area contributed by atoms with Crippen LogP contribution in [-0.2, 0) is 14.4 Å². The number of anilines is 2. The number of carbonyl (C=O) groups is 3. The fraction of sp³-hybridized carbons (Fsp3) is 0.263. The Kier molecular flexibility index (Phi) is 7.17. The molecule has 2 saturated carbocycles. The average Bonchev–Trinajstić information content (AvgIpc) is 3.86. The number of fused-ring (bicyclic) bond motifs is 10. The molecule has 3 heterocycles. The smallest absolute Gasteiger partial charge is 0.305 e. The lowest BCUT2D eigenvalue weighted by molar-refractivity contribution is -0.123. The molecule has 4 aliphatic rings. The van der Waals surface area contributed by atoms with Crippen molar-refractivity contribution in [3.05, 3.63) is 111 Å². The number of thioether (sulfide) groups is 1. The van der Waals surface area contributed by atoms with Crippen LogP contribution in [0.15, 0.2) is 101 Å². The molecule has 9 nitrogen and oxygen atoms in total. The zero-order valence-electron chi connectivity index (χ0n) is 26.3. The fourth-order valence-corrected chi connectivity index (χ4v) is 11.7. The van der Waals surface area contributed by atoms with Crippen molar-refractivity contribution in [3.8, 4) is 11.5 Å². The number of H-pyrrole nitrogens is 1. The molecule has 5 aromatic rings. The van der Waals surface area contributed by atoms with Gasteiger partial charge in [0.25, 0.3) is 5.91 Å². The number of nitrogens with one attached hydrogen (secondary N) is 2. The van der Waals surface area contributed by atoms with Crippen molar-refractivity contribution in [3.63, 3.8) is 0 Å². The second kappa shape index (κ2) is 11.6. The van der Waals surface area contributed by atoms with Gasteiger partial charge >= 0.3 is 4.87 Å². The number of methoxy groups -OCH3 is 1. The summed E-state index contributed by atoms with van der Waals surface area (Å²) in [7, 11) is 1.58. The summed E-state index contributed by atoms with van der Waals surface area (Å²) in [6.45, 7) is -0.198. The first-order valence-electron chi connectivity index (χ1n) is 16.3. The maximum atomic E-state index is 14.1. The number of aromatic nitrogens is 1. The fourth-order valence-electron chi connectivity index (χ4n) is 8.83. The summed E-state index contributed by atoms with van der Waals surface area (Å²) in [6.07, 6.45) is 0.776. The van der Waals surface area contributed by atoms with Crippen LogP contribution in [-0.4, -0.2) is 41.7 Å². The predicted molar refractivity (Wildman–Crippen MR) is 188 cm³/mol. The summed E-state index contributed by atoms with van der Waals surface area (Å²) in [5, 5.41) is 5.91. The largest absolute Gasteiger partial charge is 0.497 e. The minimum Gasteiger partial charge on any atom is -0.497 e. The van der Waals surface area contributed by atoms with E-state index in [9.17, 15) is 19.2 Å². The first-order valence-corrected chi connectivity index (χ1v) is 18.0. The summed E-state index contributed by atoms with van der Waals surface area (Å²) >= 11 is 2.83. The number of para-hydroxylation sites is 1. The summed E-state index contributed by atoms with van der Waals surface area (Å²) in [6, 6.07) is 28.4. The molecule has 11 heteroatoms. The molecule has 0 radical (unpaired) electrons. The van der Waals surface area contributed by atoms with Gasteiger partial charge in [-0.3, -0.25) is 24.1 Å². The van der Waals surface area contributed by atoms with Crippen LogP contribution in [0.5, 0.6) is 11.5 Å². The van der Waals surface area contributed by atoms with Gasteiger partial charge in [-0.15, -0.1) is 11.8 Å². The highest BCUT2D eigenvalue weighted by Gasteiger charge is 2.69. The van der Waals surface area contributed by atoms with Gasteiger partial charge < -0.3 is 19.8 Å². The molecule has 1 aromatic heterocycles. The van der Waals surface area contributed by atoms with Crippen molar-refractivity contribution in [2.45, 2.75) is 22.6 Å². The van der Waals surface area contributed by atoms with Crippen LogP contribution in [0.25, 0.3) is 10.8 Å². The monoisotopic (exact) mass is 689 g/mol. The Morgan fingerprint density at radius 2 is 1.63 bits per heavy atom. The number of rotatable bonds is 7. The minimum absolute atomic E-state index is 0.000978. The van der Waals surface area contributed by atoms with Crippen molar-refractivity contribution in [1.82, 2.24) is 4.98 Å². The van der Waals surface area contributed by atoms with E-state index in [1.807, 2.05) is 66.7 Å². The van der Waals surface area contributed by atoms with E-state index in [4.69, 9.17) is 9.47 Å². The van der Waals surface area contributed by atoms with Crippen LogP contribution >= 0.6 is 23.1 Å². The molecule has 3 fully saturated rings. The first-order chi connectivity index (χ1) is 23.9. The Balaban J connectivity index is 1.02. The third-order valence-electron chi connectivity index (χ3n) is 10.7. The number of benzene rings is 4. The van der Waals surface area contributed by atoms with Crippen molar-refractivity contribution in [2.75, 3.05) is 23.9 Å². The Bertz CT molecular complexity index is 2210. The molecular formula is C38H31N3O6S2. The molecule has 9 rings (SSSR count). The van der Waals surface area contributed by atoms with Gasteiger partial charge in [-0.25, -0.2) is 0 Å². The van der Waals surface area contributed by atoms with Gasteiger partial charge in [0.15, 0.2) is 6.61 Å². The molecule has 4 aromatic carbocycles. The molecule has 7 atom stereocenters. The number of hydrogen-bond donors (Lipinski definition) is 2. The third kappa shape index (κ3) is 4.81. The summed E-state index contributed by atoms with van der Waals surface area (Å²) in [5.41, 5.74) is 2.12. The summed E-state index contributed by atoms with van der Waals surface area (Å²) < 4.78 is 11.5. The third-order valence-corrected chi connectivity index (χ3v) is 13.3. The van der Waals surface area contributed by atoms with E-state index in [2.05, 4.69) is 10.3 Å². The number of imide groups is 1. The van der Waals surface area contributed by atoms with Crippen LogP contribution in [0.2, 0.25) is 0 Å². The van der Waals surface area contributed by atoms with E-state index < -0.39 is 11.8 Å². The molecule has 246 valence electrons. The van der Waals surface area contributed by atoms with Gasteiger partial charge in [0.1, 0.15) is 11.5 Å². The Morgan fingerprint density at radius 1 is 0.898 bits per heavy atom. The van der Waals surface area contributed by atoms with E-state index in [0.29, 0.717) is 22.9 Å². The van der Waals surface area contributed by atoms with Gasteiger partial charge in [0, 0.05) is 27.3 Å². The number of aromatic amines is 1. The van der Waals surface area contributed by atoms with Crippen LogP contribution in [0, 0.1) is 29.6 Å². The predicted octanol–water partition coefficient (Wildman–Crippen LogP) is 6.29. The van der Waals surface area contributed by atoms with Gasteiger partial charge in [-0.2, -0.15) is 0 Å². The van der Waals surface area contributed by atoms with Crippen molar-refractivity contribution in [2.24, 2.45) is 29.6 Å². The molecular weight excluding hydrogens is 659 g/mol. The van der Waals surface area contributed by atoms with Crippen molar-refractivity contribution in [1.29, 1.82) is 0 Å². The van der Waals surface area contributed by atoms with Gasteiger partial charge in [-0.05, 0) is 77.4 Å². The first kappa shape index (κ1) is 30.2. The average molecular weight is 690 g/mol. The van der Waals surface area contributed by atoms with Crippen LogP contribution in [0.4, 0.5) is 11.4 Å². The van der Waals surface area contributed by atoms with Gasteiger partial charge in [0.05, 0.1) is 29.7 Å². The van der Waals surface area contributed by atoms with E-state index in [-0.39, 0.29) is 58.1 Å². The molecule has 4 unspecified atom stereocenters. The summed E-state index contributed by atoms with van der Waals surface area (Å²) in [5.74, 6) is -0.494. The lowest BCUT2D eigenvalue weighted by Crippen LogP contribution is -2.42. The molecule has 49 heavy (non-hydrogen) atoms. The molecule has 2 aliphatic carbocycles. The van der Waals surface area contributed by atoms with Gasteiger partial charge in [-0.1, -0.05) is 59.9 Å². The zero-order valence-corrected chi connectivity index (χ0v) is 28.0. The quantitative estimate of drug-likeness (QED) is 0.193. The van der Waals surface area contributed by atoms with Crippen molar-refractivity contribution >= 4 is 63.0 Å². The van der Waals surface area contributed by atoms with Crippen molar-refractivity contribution < 1.29 is 23.9 Å². The minimum atomic E-state index is -0.429. The zero-order chi connectivity index (χ0) is 33.4. The summed E-state index contributed by atoms with van der Waals surface area (Å²) in [4.78, 5) is 59.2. The van der Waals surface area contributed by atoms with Crippen LogP contribution in [0.3, 0.4) is 0 Å².